The molecule has 6 nitrogen and oxygen atoms in total. The Morgan fingerprint density at radius 1 is 1.42 bits per heavy atom. The van der Waals surface area contributed by atoms with Gasteiger partial charge in [-0.3, -0.25) is 4.79 Å². The number of rotatable bonds is 3. The van der Waals surface area contributed by atoms with Crippen molar-refractivity contribution >= 4 is 32.4 Å². The molecule has 0 spiro atoms. The SMILES string of the molecule is Cc1nc(NC(=O)CN2CCCCS2(=O)=O)sc1C. The fraction of sp³-hybridized carbons (Fsp3) is 0.636. The quantitative estimate of drug-likeness (QED) is 0.907. The van der Waals surface area contributed by atoms with Gasteiger partial charge in [-0.2, -0.15) is 4.31 Å². The zero-order valence-corrected chi connectivity index (χ0v) is 12.6. The highest BCUT2D eigenvalue weighted by atomic mass is 32.2. The summed E-state index contributed by atoms with van der Waals surface area (Å²) in [4.78, 5) is 17.1. The Balaban J connectivity index is 1.97. The average Bonchev–Trinajstić information content (AvgIpc) is 2.61. The lowest BCUT2D eigenvalue weighted by molar-refractivity contribution is -0.116. The number of carbonyl (C=O) groups is 1. The summed E-state index contributed by atoms with van der Waals surface area (Å²) < 4.78 is 24.8. The number of aromatic nitrogens is 1. The smallest absolute Gasteiger partial charge is 0.241 e. The van der Waals surface area contributed by atoms with E-state index in [1.165, 1.54) is 15.6 Å². The molecule has 0 atom stereocenters. The minimum atomic E-state index is -3.26. The largest absolute Gasteiger partial charge is 0.301 e. The molecule has 19 heavy (non-hydrogen) atoms. The van der Waals surface area contributed by atoms with Gasteiger partial charge in [-0.15, -0.1) is 11.3 Å². The van der Waals surface area contributed by atoms with Crippen LogP contribution in [0.1, 0.15) is 23.4 Å². The Labute approximate surface area is 116 Å². The van der Waals surface area contributed by atoms with E-state index in [0.29, 0.717) is 18.1 Å². The molecule has 2 rings (SSSR count). The average molecular weight is 303 g/mol. The van der Waals surface area contributed by atoms with Crippen LogP contribution in [-0.4, -0.2) is 42.5 Å². The Bertz CT molecular complexity index is 561. The third kappa shape index (κ3) is 3.52. The molecule has 1 aliphatic heterocycles. The topological polar surface area (TPSA) is 79.4 Å². The van der Waals surface area contributed by atoms with Crippen LogP contribution in [0.15, 0.2) is 0 Å². The highest BCUT2D eigenvalue weighted by molar-refractivity contribution is 7.89. The van der Waals surface area contributed by atoms with Gasteiger partial charge in [-0.25, -0.2) is 13.4 Å². The van der Waals surface area contributed by atoms with Gasteiger partial charge in [0.1, 0.15) is 0 Å². The number of hydrogen-bond donors (Lipinski definition) is 1. The van der Waals surface area contributed by atoms with Gasteiger partial charge in [0, 0.05) is 11.4 Å². The molecule has 2 heterocycles. The summed E-state index contributed by atoms with van der Waals surface area (Å²) in [6.45, 7) is 4.10. The van der Waals surface area contributed by atoms with Gasteiger partial charge >= 0.3 is 0 Å². The molecule has 0 radical (unpaired) electrons. The Morgan fingerprint density at radius 3 is 2.74 bits per heavy atom. The van der Waals surface area contributed by atoms with Gasteiger partial charge in [-0.1, -0.05) is 0 Å². The monoisotopic (exact) mass is 303 g/mol. The first-order chi connectivity index (χ1) is 8.88. The molecule has 0 unspecified atom stereocenters. The number of carbonyl (C=O) groups excluding carboxylic acids is 1. The molecule has 1 aromatic rings. The number of hydrogen-bond acceptors (Lipinski definition) is 5. The summed E-state index contributed by atoms with van der Waals surface area (Å²) in [5.74, 6) is -0.199. The Hall–Kier alpha value is -0.990. The van der Waals surface area contributed by atoms with E-state index in [0.717, 1.165) is 17.0 Å². The van der Waals surface area contributed by atoms with Crippen LogP contribution < -0.4 is 5.32 Å². The minimum Gasteiger partial charge on any atom is -0.301 e. The lowest BCUT2D eigenvalue weighted by Gasteiger charge is -2.25. The first-order valence-corrected chi connectivity index (χ1v) is 8.53. The van der Waals surface area contributed by atoms with Gasteiger partial charge < -0.3 is 5.32 Å². The molecule has 1 aromatic heterocycles. The van der Waals surface area contributed by atoms with Crippen molar-refractivity contribution in [2.24, 2.45) is 0 Å². The number of amides is 1. The van der Waals surface area contributed by atoms with Crippen molar-refractivity contribution in [3.8, 4) is 0 Å². The lowest BCUT2D eigenvalue weighted by Crippen LogP contribution is -2.42. The predicted molar refractivity (Wildman–Crippen MR) is 74.8 cm³/mol. The second-order valence-corrected chi connectivity index (χ2v) is 7.86. The summed E-state index contributed by atoms with van der Waals surface area (Å²) >= 11 is 1.39. The number of anilines is 1. The van der Waals surface area contributed by atoms with Crippen molar-refractivity contribution in [3.05, 3.63) is 10.6 Å². The van der Waals surface area contributed by atoms with Crippen LogP contribution in [0.4, 0.5) is 5.13 Å². The maximum atomic E-state index is 11.8. The van der Waals surface area contributed by atoms with E-state index in [4.69, 9.17) is 0 Å². The van der Waals surface area contributed by atoms with Gasteiger partial charge in [0.05, 0.1) is 18.0 Å². The van der Waals surface area contributed by atoms with E-state index < -0.39 is 10.0 Å². The molecule has 1 N–H and O–H groups in total. The summed E-state index contributed by atoms with van der Waals surface area (Å²) in [7, 11) is -3.26. The van der Waals surface area contributed by atoms with Crippen LogP contribution in [0.3, 0.4) is 0 Å². The van der Waals surface area contributed by atoms with Crippen molar-refractivity contribution in [2.45, 2.75) is 26.7 Å². The Morgan fingerprint density at radius 2 is 2.16 bits per heavy atom. The molecule has 1 aliphatic rings. The van der Waals surface area contributed by atoms with Gasteiger partial charge in [0.25, 0.3) is 0 Å². The molecule has 106 valence electrons. The zero-order chi connectivity index (χ0) is 14.0. The van der Waals surface area contributed by atoms with Gasteiger partial charge in [0.2, 0.25) is 15.9 Å². The highest BCUT2D eigenvalue weighted by Gasteiger charge is 2.27. The normalized spacial score (nSPS) is 19.3. The summed E-state index contributed by atoms with van der Waals surface area (Å²) in [5, 5.41) is 3.17. The molecule has 0 aromatic carbocycles. The van der Waals surface area contributed by atoms with Crippen LogP contribution in [0, 0.1) is 13.8 Å². The molecule has 8 heteroatoms. The zero-order valence-electron chi connectivity index (χ0n) is 11.0. The fourth-order valence-electron chi connectivity index (χ4n) is 1.86. The van der Waals surface area contributed by atoms with Crippen molar-refractivity contribution in [2.75, 3.05) is 24.2 Å². The van der Waals surface area contributed by atoms with Crippen LogP contribution in [0.25, 0.3) is 0 Å². The first-order valence-electron chi connectivity index (χ1n) is 6.10. The third-order valence-electron chi connectivity index (χ3n) is 3.05. The van der Waals surface area contributed by atoms with E-state index in [2.05, 4.69) is 10.3 Å². The number of nitrogens with zero attached hydrogens (tertiary/aromatic N) is 2. The minimum absolute atomic E-state index is 0.125. The fourth-order valence-corrected chi connectivity index (χ4v) is 4.24. The van der Waals surface area contributed by atoms with E-state index in [9.17, 15) is 13.2 Å². The maximum Gasteiger partial charge on any atom is 0.241 e. The molecule has 1 amide bonds. The van der Waals surface area contributed by atoms with Gasteiger partial charge in [-0.05, 0) is 26.7 Å². The van der Waals surface area contributed by atoms with Gasteiger partial charge in [0.15, 0.2) is 5.13 Å². The first kappa shape index (κ1) is 14.4. The number of aryl methyl sites for hydroxylation is 2. The Kier molecular flexibility index (Phi) is 4.22. The standard InChI is InChI=1S/C11H17N3O3S2/c1-8-9(2)18-11(12-8)13-10(15)7-14-5-3-4-6-19(14,16)17/h3-7H2,1-2H3,(H,12,13,15). The number of nitrogens with one attached hydrogen (secondary N) is 1. The predicted octanol–water partition coefficient (Wildman–Crippen LogP) is 1.12. The molecule has 0 saturated carbocycles. The molecular weight excluding hydrogens is 286 g/mol. The van der Waals surface area contributed by atoms with E-state index in [1.54, 1.807) is 0 Å². The second-order valence-electron chi connectivity index (χ2n) is 4.57. The molecule has 0 aliphatic carbocycles. The second kappa shape index (κ2) is 5.56. The summed E-state index contributed by atoms with van der Waals surface area (Å²) in [6.07, 6.45) is 1.48. The van der Waals surface area contributed by atoms with Crippen molar-refractivity contribution in [3.63, 3.8) is 0 Å². The van der Waals surface area contributed by atoms with Crippen LogP contribution >= 0.6 is 11.3 Å². The van der Waals surface area contributed by atoms with Crippen molar-refractivity contribution < 1.29 is 13.2 Å². The molecular formula is C11H17N3O3S2. The van der Waals surface area contributed by atoms with E-state index in [1.807, 2.05) is 13.8 Å². The number of sulfonamides is 1. The third-order valence-corrected chi connectivity index (χ3v) is 5.94. The van der Waals surface area contributed by atoms with Crippen molar-refractivity contribution in [1.82, 2.24) is 9.29 Å². The van der Waals surface area contributed by atoms with Crippen LogP contribution in [0.2, 0.25) is 0 Å². The van der Waals surface area contributed by atoms with Crippen molar-refractivity contribution in [1.29, 1.82) is 0 Å². The number of thiazole rings is 1. The summed E-state index contributed by atoms with van der Waals surface area (Å²) in [5.41, 5.74) is 0.880. The lowest BCUT2D eigenvalue weighted by atomic mass is 10.3. The maximum absolute atomic E-state index is 11.8. The summed E-state index contributed by atoms with van der Waals surface area (Å²) in [6, 6.07) is 0. The van der Waals surface area contributed by atoms with E-state index in [-0.39, 0.29) is 18.2 Å². The van der Waals surface area contributed by atoms with Crippen LogP contribution in [-0.2, 0) is 14.8 Å². The van der Waals surface area contributed by atoms with Crippen LogP contribution in [0.5, 0.6) is 0 Å². The molecule has 0 bridgehead atoms. The molecule has 1 fully saturated rings. The van der Waals surface area contributed by atoms with E-state index >= 15 is 0 Å². The molecule has 1 saturated heterocycles. The highest BCUT2D eigenvalue weighted by Crippen LogP contribution is 2.21.